The molecule has 0 spiro atoms. The third-order valence-corrected chi connectivity index (χ3v) is 5.27. The minimum atomic E-state index is -0.0549. The molecule has 3 aromatic heterocycles. The van der Waals surface area contributed by atoms with Gasteiger partial charge in [-0.25, -0.2) is 9.97 Å². The van der Waals surface area contributed by atoms with Crippen LogP contribution in [0.1, 0.15) is 22.9 Å². The maximum Gasteiger partial charge on any atom is 0.220 e. The number of nitrogens with zero attached hydrogens (tertiary/aromatic N) is 3. The Bertz CT molecular complexity index is 1090. The molecule has 29 heavy (non-hydrogen) atoms. The van der Waals surface area contributed by atoms with Crippen molar-refractivity contribution in [3.05, 3.63) is 76.8 Å². The first-order valence-electron chi connectivity index (χ1n) is 9.30. The summed E-state index contributed by atoms with van der Waals surface area (Å²) in [5.74, 6) is 1.22. The second-order valence-electron chi connectivity index (χ2n) is 6.62. The van der Waals surface area contributed by atoms with Crippen LogP contribution in [0.4, 0.5) is 0 Å². The molecule has 0 radical (unpaired) electrons. The minimum absolute atomic E-state index is 0.0549. The maximum absolute atomic E-state index is 12.2. The van der Waals surface area contributed by atoms with Crippen LogP contribution in [0.5, 0.6) is 0 Å². The molecular formula is C22H20N4O2S. The monoisotopic (exact) mass is 404 g/mol. The molecule has 4 aromatic rings. The molecule has 1 aromatic carbocycles. The van der Waals surface area contributed by atoms with Crippen LogP contribution >= 0.6 is 11.3 Å². The Balaban J connectivity index is 1.27. The van der Waals surface area contributed by atoms with Crippen LogP contribution in [0.15, 0.2) is 64.8 Å². The Hall–Kier alpha value is -3.32. The first-order valence-corrected chi connectivity index (χ1v) is 10.2. The highest BCUT2D eigenvalue weighted by molar-refractivity contribution is 7.09. The average Bonchev–Trinajstić information content (AvgIpc) is 3.42. The van der Waals surface area contributed by atoms with Crippen molar-refractivity contribution in [3.8, 4) is 22.6 Å². The number of benzene rings is 1. The van der Waals surface area contributed by atoms with E-state index in [9.17, 15) is 4.79 Å². The standard InChI is InChI=1S/C22H20N4O2S/c1-15-2-4-17(5-3-15)19-12-25-21(28-19)7-6-20(27)24-13-22-26-18(14-29-22)16-8-10-23-11-9-16/h2-5,8-12,14H,6-7,13H2,1H3,(H,24,27). The van der Waals surface area contributed by atoms with Crippen LogP contribution in [-0.4, -0.2) is 20.9 Å². The van der Waals surface area contributed by atoms with Gasteiger partial charge in [-0.2, -0.15) is 0 Å². The van der Waals surface area contributed by atoms with Crippen molar-refractivity contribution in [2.75, 3.05) is 0 Å². The smallest absolute Gasteiger partial charge is 0.220 e. The van der Waals surface area contributed by atoms with E-state index in [4.69, 9.17) is 4.42 Å². The third kappa shape index (κ3) is 4.94. The summed E-state index contributed by atoms with van der Waals surface area (Å²) in [4.78, 5) is 25.0. The fraction of sp³-hybridized carbons (Fsp3) is 0.182. The summed E-state index contributed by atoms with van der Waals surface area (Å²) < 4.78 is 5.77. The van der Waals surface area contributed by atoms with Gasteiger partial charge in [0.2, 0.25) is 5.91 Å². The van der Waals surface area contributed by atoms with Crippen LogP contribution in [0.2, 0.25) is 0 Å². The van der Waals surface area contributed by atoms with Crippen molar-refractivity contribution in [1.29, 1.82) is 0 Å². The van der Waals surface area contributed by atoms with E-state index in [1.807, 2.05) is 48.7 Å². The molecule has 7 heteroatoms. The van der Waals surface area contributed by atoms with Crippen molar-refractivity contribution in [2.45, 2.75) is 26.3 Å². The summed E-state index contributed by atoms with van der Waals surface area (Å²) in [6.45, 7) is 2.45. The number of nitrogens with one attached hydrogen (secondary N) is 1. The van der Waals surface area contributed by atoms with Gasteiger partial charge in [-0.1, -0.05) is 29.8 Å². The van der Waals surface area contributed by atoms with Gasteiger partial charge in [0, 0.05) is 41.7 Å². The van der Waals surface area contributed by atoms with Gasteiger partial charge in [0.1, 0.15) is 5.01 Å². The minimum Gasteiger partial charge on any atom is -0.441 e. The van der Waals surface area contributed by atoms with Gasteiger partial charge in [-0.05, 0) is 19.1 Å². The van der Waals surface area contributed by atoms with Gasteiger partial charge < -0.3 is 9.73 Å². The molecule has 4 rings (SSSR count). The van der Waals surface area contributed by atoms with Gasteiger partial charge in [0.15, 0.2) is 11.7 Å². The molecule has 0 saturated carbocycles. The van der Waals surface area contributed by atoms with E-state index < -0.39 is 0 Å². The van der Waals surface area contributed by atoms with Crippen molar-refractivity contribution in [3.63, 3.8) is 0 Å². The lowest BCUT2D eigenvalue weighted by atomic mass is 10.1. The van der Waals surface area contributed by atoms with Crippen molar-refractivity contribution >= 4 is 17.2 Å². The highest BCUT2D eigenvalue weighted by Gasteiger charge is 2.10. The molecule has 0 unspecified atom stereocenters. The predicted octanol–water partition coefficient (Wildman–Crippen LogP) is 4.42. The number of hydrogen-bond donors (Lipinski definition) is 1. The number of thiazole rings is 1. The zero-order chi connectivity index (χ0) is 20.1. The second kappa shape index (κ2) is 8.79. The SMILES string of the molecule is Cc1ccc(-c2cnc(CCC(=O)NCc3nc(-c4ccncc4)cs3)o2)cc1. The number of aromatic nitrogens is 3. The molecule has 0 aliphatic carbocycles. The summed E-state index contributed by atoms with van der Waals surface area (Å²) in [5.41, 5.74) is 4.08. The molecule has 0 saturated heterocycles. The molecule has 1 N–H and O–H groups in total. The first kappa shape index (κ1) is 19.0. The number of rotatable bonds is 7. The zero-order valence-corrected chi connectivity index (χ0v) is 16.8. The van der Waals surface area contributed by atoms with Crippen molar-refractivity contribution in [2.24, 2.45) is 0 Å². The number of amides is 1. The van der Waals surface area contributed by atoms with E-state index >= 15 is 0 Å². The number of aryl methyl sites for hydroxylation is 2. The molecule has 0 fully saturated rings. The lowest BCUT2D eigenvalue weighted by Crippen LogP contribution is -2.22. The Morgan fingerprint density at radius 3 is 2.69 bits per heavy atom. The highest BCUT2D eigenvalue weighted by atomic mass is 32.1. The summed E-state index contributed by atoms with van der Waals surface area (Å²) in [5, 5.41) is 5.75. The highest BCUT2D eigenvalue weighted by Crippen LogP contribution is 2.22. The molecule has 6 nitrogen and oxygen atoms in total. The van der Waals surface area contributed by atoms with Crippen LogP contribution in [0.25, 0.3) is 22.6 Å². The lowest BCUT2D eigenvalue weighted by Gasteiger charge is -2.02. The molecule has 0 bridgehead atoms. The fourth-order valence-electron chi connectivity index (χ4n) is 2.81. The average molecular weight is 404 g/mol. The van der Waals surface area contributed by atoms with Gasteiger partial charge in [0.25, 0.3) is 0 Å². The number of oxazole rings is 1. The summed E-state index contributed by atoms with van der Waals surface area (Å²) >= 11 is 1.53. The second-order valence-corrected chi connectivity index (χ2v) is 7.57. The third-order valence-electron chi connectivity index (χ3n) is 4.42. The maximum atomic E-state index is 12.2. The van der Waals surface area contributed by atoms with E-state index in [-0.39, 0.29) is 5.91 Å². The Labute approximate surface area is 172 Å². The van der Waals surface area contributed by atoms with E-state index in [2.05, 4.69) is 20.3 Å². The number of carbonyl (C=O) groups is 1. The molecule has 0 aliphatic heterocycles. The van der Waals surface area contributed by atoms with Crippen LogP contribution < -0.4 is 5.32 Å². The van der Waals surface area contributed by atoms with Crippen LogP contribution in [0.3, 0.4) is 0 Å². The number of hydrogen-bond acceptors (Lipinski definition) is 6. The molecular weight excluding hydrogens is 384 g/mol. The molecule has 146 valence electrons. The first-order chi connectivity index (χ1) is 14.2. The van der Waals surface area contributed by atoms with Crippen molar-refractivity contribution in [1.82, 2.24) is 20.3 Å². The van der Waals surface area contributed by atoms with E-state index in [1.54, 1.807) is 18.6 Å². The molecule has 1 amide bonds. The summed E-state index contributed by atoms with van der Waals surface area (Å²) in [6, 6.07) is 11.9. The summed E-state index contributed by atoms with van der Waals surface area (Å²) in [6.07, 6.45) is 5.95. The summed E-state index contributed by atoms with van der Waals surface area (Å²) in [7, 11) is 0. The topological polar surface area (TPSA) is 80.9 Å². The van der Waals surface area contributed by atoms with Gasteiger partial charge in [-0.3, -0.25) is 9.78 Å². The van der Waals surface area contributed by atoms with Crippen LogP contribution in [-0.2, 0) is 17.8 Å². The molecule has 0 aliphatic rings. The van der Waals surface area contributed by atoms with Crippen molar-refractivity contribution < 1.29 is 9.21 Å². The van der Waals surface area contributed by atoms with Gasteiger partial charge in [0.05, 0.1) is 18.4 Å². The fourth-order valence-corrected chi connectivity index (χ4v) is 3.55. The van der Waals surface area contributed by atoms with E-state index in [0.29, 0.717) is 31.0 Å². The largest absolute Gasteiger partial charge is 0.441 e. The Morgan fingerprint density at radius 2 is 1.90 bits per heavy atom. The normalized spacial score (nSPS) is 10.8. The quantitative estimate of drug-likeness (QED) is 0.493. The lowest BCUT2D eigenvalue weighted by molar-refractivity contribution is -0.121. The molecule has 0 atom stereocenters. The Morgan fingerprint density at radius 1 is 1.10 bits per heavy atom. The van der Waals surface area contributed by atoms with Crippen LogP contribution in [0, 0.1) is 6.92 Å². The van der Waals surface area contributed by atoms with E-state index in [1.165, 1.54) is 16.9 Å². The predicted molar refractivity (Wildman–Crippen MR) is 112 cm³/mol. The van der Waals surface area contributed by atoms with Gasteiger partial charge in [-0.15, -0.1) is 11.3 Å². The number of carbonyl (C=O) groups excluding carboxylic acids is 1. The van der Waals surface area contributed by atoms with Gasteiger partial charge >= 0.3 is 0 Å². The molecule has 3 heterocycles. The zero-order valence-electron chi connectivity index (χ0n) is 16.0. The Kier molecular flexibility index (Phi) is 5.76. The van der Waals surface area contributed by atoms with E-state index in [0.717, 1.165) is 21.8 Å². The number of pyridine rings is 1.